The summed E-state index contributed by atoms with van der Waals surface area (Å²) in [5.41, 5.74) is 0.118. The molecule has 15 nitrogen and oxygen atoms in total. The first-order valence-corrected chi connectivity index (χ1v) is 18.0. The third-order valence-corrected chi connectivity index (χ3v) is 10.6. The quantitative estimate of drug-likeness (QED) is 0.160. The van der Waals surface area contributed by atoms with Crippen LogP contribution < -0.4 is 26.0 Å². The predicted molar refractivity (Wildman–Crippen MR) is 183 cm³/mol. The molecule has 0 bridgehead atoms. The summed E-state index contributed by atoms with van der Waals surface area (Å²) < 4.78 is 51.6. The van der Waals surface area contributed by atoms with Crippen LogP contribution in [0.2, 0.25) is 0 Å². The lowest BCUT2D eigenvalue weighted by molar-refractivity contribution is -0.119. The average Bonchev–Trinajstić information content (AvgIpc) is 3.72. The van der Waals surface area contributed by atoms with Crippen molar-refractivity contribution in [2.75, 3.05) is 53.6 Å². The first-order valence-electron chi connectivity index (χ1n) is 16.6. The van der Waals surface area contributed by atoms with Crippen LogP contribution in [-0.4, -0.2) is 114 Å². The maximum absolute atomic E-state index is 14.2. The smallest absolute Gasteiger partial charge is 0.407 e. The summed E-state index contributed by atoms with van der Waals surface area (Å²) in [4.78, 5) is 36.8. The zero-order valence-electron chi connectivity index (χ0n) is 28.9. The molecule has 0 aromatic heterocycles. The van der Waals surface area contributed by atoms with Crippen LogP contribution in [0.25, 0.3) is 0 Å². The number of aliphatic hydroxyl groups is 1. The molecule has 2 aromatic carbocycles. The van der Waals surface area contributed by atoms with Gasteiger partial charge in [0.15, 0.2) is 6.29 Å². The number of amides is 4. The van der Waals surface area contributed by atoms with Crippen LogP contribution in [0.3, 0.4) is 0 Å². The molecule has 5 atom stereocenters. The number of nitrogens with zero attached hydrogens (tertiary/aromatic N) is 1. The Labute approximate surface area is 293 Å². The Hall–Kier alpha value is -3.96. The van der Waals surface area contributed by atoms with Gasteiger partial charge in [-0.1, -0.05) is 44.2 Å². The van der Waals surface area contributed by atoms with Crippen molar-refractivity contribution in [2.24, 2.45) is 11.3 Å². The molecule has 4 rings (SSSR count). The molecule has 5 N–H and O–H groups in total. The van der Waals surface area contributed by atoms with E-state index < -0.39 is 52.1 Å². The van der Waals surface area contributed by atoms with Gasteiger partial charge in [-0.05, 0) is 54.5 Å². The molecule has 4 amide bonds. The lowest BCUT2D eigenvalue weighted by Gasteiger charge is -2.35. The predicted octanol–water partition coefficient (Wildman–Crippen LogP) is 1.61. The minimum atomic E-state index is -4.18. The van der Waals surface area contributed by atoms with E-state index in [4.69, 9.17) is 18.9 Å². The summed E-state index contributed by atoms with van der Waals surface area (Å²) in [6, 6.07) is 13.7. The van der Waals surface area contributed by atoms with Crippen molar-refractivity contribution in [1.29, 1.82) is 0 Å². The van der Waals surface area contributed by atoms with Gasteiger partial charge in [-0.25, -0.2) is 18.0 Å². The highest BCUT2D eigenvalue weighted by Gasteiger charge is 2.44. The van der Waals surface area contributed by atoms with Gasteiger partial charge >= 0.3 is 12.1 Å². The topological polar surface area (TPSA) is 194 Å². The summed E-state index contributed by atoms with van der Waals surface area (Å²) in [5.74, 6) is 0.0452. The van der Waals surface area contributed by atoms with Crippen LogP contribution in [-0.2, 0) is 35.4 Å². The number of hydrogen-bond donors (Lipinski definition) is 5. The van der Waals surface area contributed by atoms with Crippen molar-refractivity contribution in [3.8, 4) is 5.75 Å². The van der Waals surface area contributed by atoms with E-state index in [2.05, 4.69) is 21.3 Å². The summed E-state index contributed by atoms with van der Waals surface area (Å²) in [5, 5.41) is 22.1. The van der Waals surface area contributed by atoms with Gasteiger partial charge in [0.1, 0.15) is 11.9 Å². The van der Waals surface area contributed by atoms with Gasteiger partial charge in [-0.2, -0.15) is 4.31 Å². The van der Waals surface area contributed by atoms with Gasteiger partial charge in [-0.15, -0.1) is 0 Å². The molecule has 2 aromatic rings. The molecular weight excluding hydrogens is 670 g/mol. The number of aliphatic hydroxyl groups excluding tert-OH is 1. The number of benzene rings is 2. The minimum Gasteiger partial charge on any atom is -0.497 e. The van der Waals surface area contributed by atoms with Gasteiger partial charge < -0.3 is 45.3 Å². The van der Waals surface area contributed by atoms with E-state index in [-0.39, 0.29) is 55.9 Å². The first-order chi connectivity index (χ1) is 23.8. The van der Waals surface area contributed by atoms with Crippen LogP contribution in [0.15, 0.2) is 59.5 Å². The number of nitrogens with one attached hydrogen (secondary N) is 4. The van der Waals surface area contributed by atoms with Crippen molar-refractivity contribution in [2.45, 2.75) is 62.5 Å². The van der Waals surface area contributed by atoms with Crippen LogP contribution in [0.5, 0.6) is 5.75 Å². The first kappa shape index (κ1) is 38.8. The van der Waals surface area contributed by atoms with E-state index in [9.17, 15) is 27.9 Å². The second-order valence-corrected chi connectivity index (χ2v) is 15.1. The van der Waals surface area contributed by atoms with Crippen molar-refractivity contribution in [1.82, 2.24) is 25.6 Å². The lowest BCUT2D eigenvalue weighted by atomic mass is 9.89. The Kier molecular flexibility index (Phi) is 13.8. The molecule has 0 saturated carbocycles. The molecule has 2 aliphatic heterocycles. The zero-order valence-corrected chi connectivity index (χ0v) is 29.7. The molecule has 0 unspecified atom stereocenters. The summed E-state index contributed by atoms with van der Waals surface area (Å²) in [6.45, 7) is 4.01. The van der Waals surface area contributed by atoms with Crippen molar-refractivity contribution < 1.29 is 46.9 Å². The molecular formula is C34H49N5O10S. The van der Waals surface area contributed by atoms with Crippen LogP contribution in [0.1, 0.15) is 32.3 Å². The Morgan fingerprint density at radius 2 is 1.78 bits per heavy atom. The molecule has 2 saturated heterocycles. The van der Waals surface area contributed by atoms with Crippen LogP contribution in [0.4, 0.5) is 9.59 Å². The molecule has 2 aliphatic rings. The molecule has 50 heavy (non-hydrogen) atoms. The highest BCUT2D eigenvalue weighted by Crippen LogP contribution is 2.33. The summed E-state index contributed by atoms with van der Waals surface area (Å²) in [7, 11) is -1.24. The summed E-state index contributed by atoms with van der Waals surface area (Å²) >= 11 is 0. The Morgan fingerprint density at radius 1 is 1.06 bits per heavy atom. The third kappa shape index (κ3) is 11.0. The Balaban J connectivity index is 1.51. The fourth-order valence-corrected chi connectivity index (χ4v) is 7.53. The number of ether oxygens (including phenoxy) is 4. The van der Waals surface area contributed by atoms with E-state index >= 15 is 0 Å². The van der Waals surface area contributed by atoms with Crippen molar-refractivity contribution >= 4 is 28.1 Å². The Bertz CT molecular complexity index is 1530. The summed E-state index contributed by atoms with van der Waals surface area (Å²) in [6.07, 6.45) is -1.78. The van der Waals surface area contributed by atoms with E-state index in [1.54, 1.807) is 0 Å². The minimum absolute atomic E-state index is 0.00504. The number of carbonyl (C=O) groups is 3. The fraction of sp³-hybridized carbons (Fsp3) is 0.559. The van der Waals surface area contributed by atoms with E-state index in [1.807, 2.05) is 44.2 Å². The highest BCUT2D eigenvalue weighted by molar-refractivity contribution is 7.89. The van der Waals surface area contributed by atoms with Gasteiger partial charge in [0.2, 0.25) is 15.9 Å². The molecule has 0 aliphatic carbocycles. The average molecular weight is 720 g/mol. The van der Waals surface area contributed by atoms with Gasteiger partial charge in [0, 0.05) is 26.7 Å². The van der Waals surface area contributed by atoms with Crippen LogP contribution >= 0.6 is 0 Å². The zero-order chi connectivity index (χ0) is 36.3. The second kappa shape index (κ2) is 17.8. The number of likely N-dealkylation sites (N-methyl/N-ethyl adjacent to an activating group) is 1. The molecule has 2 heterocycles. The SMILES string of the molecule is CNC(=O)CNC(=O)NCCC(C)(C)CN(C[C@@H](O)[C@H](Cc1ccccc1)NC(=O)O[C@H]1CO[C@H]2OCC[C@H]21)S(=O)(=O)c1ccc(OC)cc1. The number of hydrogen-bond acceptors (Lipinski definition) is 10. The van der Waals surface area contributed by atoms with Gasteiger partial charge in [0.05, 0.1) is 49.8 Å². The third-order valence-electron chi connectivity index (χ3n) is 8.78. The molecule has 276 valence electrons. The number of rotatable bonds is 17. The molecule has 0 spiro atoms. The standard InChI is InChI=1S/C34H49N5O10S/c1-34(2,15-16-36-32(42)37-19-30(41)35-3)22-39(50(44,45)25-12-10-24(46-4)11-13-25)20-28(40)27(18-23-8-6-5-7-9-23)38-33(43)49-29-21-48-31-26(29)14-17-47-31/h5-13,26-29,31,40H,14-22H2,1-4H3,(H,35,41)(H,38,43)(H2,36,37,42)/t26-,27-,28+,29-,31+/m0/s1. The number of carbonyl (C=O) groups excluding carboxylic acids is 3. The van der Waals surface area contributed by atoms with E-state index in [0.29, 0.717) is 25.2 Å². The van der Waals surface area contributed by atoms with Crippen molar-refractivity contribution in [3.05, 3.63) is 60.2 Å². The van der Waals surface area contributed by atoms with E-state index in [1.165, 1.54) is 42.7 Å². The normalized spacial score (nSPS) is 20.0. The van der Waals surface area contributed by atoms with Crippen molar-refractivity contribution in [3.63, 3.8) is 0 Å². The maximum atomic E-state index is 14.2. The Morgan fingerprint density at radius 3 is 2.46 bits per heavy atom. The molecule has 2 fully saturated rings. The fourth-order valence-electron chi connectivity index (χ4n) is 5.88. The number of methoxy groups -OCH3 is 1. The lowest BCUT2D eigenvalue weighted by Crippen LogP contribution is -2.52. The number of sulfonamides is 1. The second-order valence-electron chi connectivity index (χ2n) is 13.1. The monoisotopic (exact) mass is 719 g/mol. The largest absolute Gasteiger partial charge is 0.497 e. The van der Waals surface area contributed by atoms with Crippen LogP contribution in [0, 0.1) is 11.3 Å². The number of alkyl carbamates (subject to hydrolysis) is 1. The highest BCUT2D eigenvalue weighted by atomic mass is 32.2. The molecule has 16 heteroatoms. The number of fused-ring (bicyclic) bond motifs is 1. The molecule has 0 radical (unpaired) electrons. The van der Waals surface area contributed by atoms with Gasteiger partial charge in [0.25, 0.3) is 0 Å². The van der Waals surface area contributed by atoms with Gasteiger partial charge in [-0.3, -0.25) is 4.79 Å². The number of urea groups is 1. The van der Waals surface area contributed by atoms with E-state index in [0.717, 1.165) is 5.56 Å². The maximum Gasteiger partial charge on any atom is 0.407 e.